The van der Waals surface area contributed by atoms with Gasteiger partial charge in [-0.1, -0.05) is 33.1 Å². The normalized spacial score (nSPS) is 45.8. The number of ether oxygens (including phenoxy) is 1. The molecule has 8 aliphatic carbocycles. The molecule has 8 unspecified atom stereocenters. The number of thioether (sulfide) groups is 1. The summed E-state index contributed by atoms with van der Waals surface area (Å²) in [4.78, 5) is 39.7. The summed E-state index contributed by atoms with van der Waals surface area (Å²) in [7, 11) is 0. The molecule has 7 nitrogen and oxygen atoms in total. The van der Waals surface area contributed by atoms with Crippen LogP contribution in [0, 0.1) is 70.0 Å². The van der Waals surface area contributed by atoms with Crippen LogP contribution in [0.1, 0.15) is 104 Å². The molecule has 1 heterocycles. The molecule has 1 spiro atoms. The van der Waals surface area contributed by atoms with Gasteiger partial charge in [-0.05, 0) is 116 Å². The van der Waals surface area contributed by atoms with Crippen LogP contribution in [0.2, 0.25) is 0 Å². The molecular weight excluding hydrogens is 570 g/mol. The lowest BCUT2D eigenvalue weighted by Gasteiger charge is -2.60. The van der Waals surface area contributed by atoms with Crippen molar-refractivity contribution in [3.05, 3.63) is 0 Å². The van der Waals surface area contributed by atoms with Gasteiger partial charge in [-0.2, -0.15) is 0 Å². The molecule has 3 amide bonds. The molecule has 242 valence electrons. The molecule has 9 aliphatic rings. The minimum atomic E-state index is -0.252. The number of hydrogen-bond donors (Lipinski definition) is 2. The van der Waals surface area contributed by atoms with Crippen LogP contribution >= 0.6 is 11.8 Å². The second-order valence-corrected chi connectivity index (χ2v) is 17.8. The standard InChI is InChI=1S/C30H43N3O4S.C6H10/c1-3-4-5-6-16(2)27(31)37-12-10-32-22(34)9-11-33-23(35)14-21(28(33)36)38-29-15-17(29)13-19-25-24-18-7-8-20(18)30(24,25)26(19)29;1-2-6-4-3-5(1)6/h16-21,24-26,31H,3-15H2,1-2H3,(H,32,34);5-6H,1-4H2/t16?,17?,18?,19?,20?,21?,24?,25?,26-,29+,30+;/m0./s1. The fourth-order valence-electron chi connectivity index (χ4n) is 11.9. The topological polar surface area (TPSA) is 99.6 Å². The highest BCUT2D eigenvalue weighted by Crippen LogP contribution is 3.01. The second-order valence-electron chi connectivity index (χ2n) is 16.2. The van der Waals surface area contributed by atoms with Gasteiger partial charge < -0.3 is 10.1 Å². The Kier molecular flexibility index (Phi) is 7.46. The molecule has 1 saturated heterocycles. The van der Waals surface area contributed by atoms with E-state index in [-0.39, 0.29) is 59.1 Å². The van der Waals surface area contributed by atoms with Gasteiger partial charge in [0.05, 0.1) is 11.8 Å². The van der Waals surface area contributed by atoms with Crippen LogP contribution in [0.25, 0.3) is 0 Å². The first-order valence-electron chi connectivity index (χ1n) is 18.3. The minimum absolute atomic E-state index is 0.0685. The maximum atomic E-state index is 13.3. The third-order valence-electron chi connectivity index (χ3n) is 14.5. The SMILES string of the molecule is C1CC2CCC12.CCCCCC(C)C(=N)OCCNC(=O)CCN1C(=O)CC(S[C@]23CC2CC2C4C5C6CCC6[C@@]54[C@@H]23)C1=O. The smallest absolute Gasteiger partial charge is 0.242 e. The van der Waals surface area contributed by atoms with Crippen LogP contribution in [-0.2, 0) is 19.1 Å². The zero-order valence-electron chi connectivity index (χ0n) is 26.9. The van der Waals surface area contributed by atoms with Crippen LogP contribution in [0.15, 0.2) is 0 Å². The summed E-state index contributed by atoms with van der Waals surface area (Å²) in [6.45, 7) is 4.91. The number of carbonyl (C=O) groups is 3. The minimum Gasteiger partial charge on any atom is -0.479 e. The number of fused-ring (bicyclic) bond motifs is 8. The Hall–Kier alpha value is -1.57. The Labute approximate surface area is 267 Å². The quantitative estimate of drug-likeness (QED) is 0.113. The Morgan fingerprint density at radius 1 is 1.09 bits per heavy atom. The summed E-state index contributed by atoms with van der Waals surface area (Å²) in [6.07, 6.45) is 16.6. The predicted octanol–water partition coefficient (Wildman–Crippen LogP) is 6.05. The number of nitrogens with zero attached hydrogens (tertiary/aromatic N) is 1. The monoisotopic (exact) mass is 623 g/mol. The number of nitrogens with one attached hydrogen (secondary N) is 2. The predicted molar refractivity (Wildman–Crippen MR) is 171 cm³/mol. The van der Waals surface area contributed by atoms with Crippen molar-refractivity contribution in [3.8, 4) is 0 Å². The van der Waals surface area contributed by atoms with Gasteiger partial charge in [-0.15, -0.1) is 11.8 Å². The van der Waals surface area contributed by atoms with E-state index in [1.165, 1.54) is 48.8 Å². The van der Waals surface area contributed by atoms with E-state index in [2.05, 4.69) is 12.2 Å². The molecule has 44 heavy (non-hydrogen) atoms. The molecule has 1 aliphatic heterocycles. The van der Waals surface area contributed by atoms with Gasteiger partial charge in [-0.25, -0.2) is 0 Å². The van der Waals surface area contributed by atoms with Crippen molar-refractivity contribution < 1.29 is 19.1 Å². The molecule has 0 bridgehead atoms. The highest BCUT2D eigenvalue weighted by Gasteiger charge is 2.98. The number of hydrogen-bond acceptors (Lipinski definition) is 6. The molecule has 0 aromatic heterocycles. The zero-order chi connectivity index (χ0) is 30.4. The Bertz CT molecular complexity index is 1210. The Balaban J connectivity index is 0.000000426. The van der Waals surface area contributed by atoms with E-state index in [0.717, 1.165) is 60.7 Å². The zero-order valence-corrected chi connectivity index (χ0v) is 27.7. The highest BCUT2D eigenvalue weighted by molar-refractivity contribution is 8.02. The lowest BCUT2D eigenvalue weighted by atomic mass is 9.45. The summed E-state index contributed by atoms with van der Waals surface area (Å²) in [5.41, 5.74) is 0.671. The van der Waals surface area contributed by atoms with Crippen molar-refractivity contribution in [2.75, 3.05) is 19.7 Å². The number of rotatable bonds is 13. The van der Waals surface area contributed by atoms with Gasteiger partial charge in [0.1, 0.15) is 6.61 Å². The first kappa shape index (κ1) is 29.8. The molecule has 8 heteroatoms. The maximum Gasteiger partial charge on any atom is 0.242 e. The molecule has 0 aromatic rings. The maximum absolute atomic E-state index is 13.3. The molecule has 0 radical (unpaired) electrons. The number of carbonyl (C=O) groups excluding carboxylic acids is 3. The van der Waals surface area contributed by atoms with Crippen LogP contribution in [0.5, 0.6) is 0 Å². The van der Waals surface area contributed by atoms with Crippen LogP contribution in [0.3, 0.4) is 0 Å². The van der Waals surface area contributed by atoms with Gasteiger partial charge in [0.25, 0.3) is 0 Å². The van der Waals surface area contributed by atoms with Gasteiger partial charge in [0, 0.05) is 30.1 Å². The van der Waals surface area contributed by atoms with Gasteiger partial charge in [0.2, 0.25) is 17.7 Å². The van der Waals surface area contributed by atoms with E-state index in [4.69, 9.17) is 10.1 Å². The number of imide groups is 1. The van der Waals surface area contributed by atoms with E-state index in [1.54, 1.807) is 25.7 Å². The van der Waals surface area contributed by atoms with Gasteiger partial charge >= 0.3 is 0 Å². The average Bonchev–Trinajstić information content (AvgIpc) is 3.70. The van der Waals surface area contributed by atoms with E-state index in [0.29, 0.717) is 18.4 Å². The lowest BCUT2D eigenvalue weighted by Crippen LogP contribution is -2.56. The largest absolute Gasteiger partial charge is 0.479 e. The van der Waals surface area contributed by atoms with Crippen molar-refractivity contribution in [1.82, 2.24) is 10.2 Å². The van der Waals surface area contributed by atoms with Crippen LogP contribution in [0.4, 0.5) is 0 Å². The van der Waals surface area contributed by atoms with Crippen LogP contribution in [-0.4, -0.2) is 58.2 Å². The number of unbranched alkanes of at least 4 members (excludes halogenated alkanes) is 2. The first-order chi connectivity index (χ1) is 21.3. The fraction of sp³-hybridized carbons (Fsp3) is 0.889. The summed E-state index contributed by atoms with van der Waals surface area (Å²) >= 11 is 1.87. The van der Waals surface area contributed by atoms with Crippen molar-refractivity contribution in [2.24, 2.45) is 64.6 Å². The molecule has 0 aromatic carbocycles. The Morgan fingerprint density at radius 3 is 2.50 bits per heavy atom. The van der Waals surface area contributed by atoms with E-state index in [9.17, 15) is 14.4 Å². The van der Waals surface area contributed by atoms with E-state index < -0.39 is 0 Å². The van der Waals surface area contributed by atoms with Gasteiger partial charge in [-0.3, -0.25) is 24.7 Å². The Morgan fingerprint density at radius 2 is 1.84 bits per heavy atom. The summed E-state index contributed by atoms with van der Waals surface area (Å²) in [5, 5.41) is 10.6. The summed E-state index contributed by atoms with van der Waals surface area (Å²) in [5.74, 6) is 9.02. The van der Waals surface area contributed by atoms with E-state index in [1.807, 2.05) is 18.7 Å². The molecule has 2 N–H and O–H groups in total. The van der Waals surface area contributed by atoms with Crippen LogP contribution < -0.4 is 5.32 Å². The average molecular weight is 624 g/mol. The molecule has 8 saturated carbocycles. The third-order valence-corrected chi connectivity index (χ3v) is 16.3. The van der Waals surface area contributed by atoms with Crippen molar-refractivity contribution in [2.45, 2.75) is 114 Å². The number of amides is 3. The fourth-order valence-corrected chi connectivity index (χ4v) is 14.0. The molecule has 9 rings (SSSR count). The summed E-state index contributed by atoms with van der Waals surface area (Å²) < 4.78 is 5.78. The number of likely N-dealkylation sites (tertiary alicyclic amines) is 1. The van der Waals surface area contributed by atoms with Crippen molar-refractivity contribution >= 4 is 35.4 Å². The second kappa shape index (κ2) is 11.0. The van der Waals surface area contributed by atoms with E-state index >= 15 is 0 Å². The lowest BCUT2D eigenvalue weighted by molar-refractivity contribution is -0.138. The highest BCUT2D eigenvalue weighted by atomic mass is 32.2. The van der Waals surface area contributed by atoms with Crippen molar-refractivity contribution in [3.63, 3.8) is 0 Å². The van der Waals surface area contributed by atoms with Gasteiger partial charge in [0.15, 0.2) is 5.90 Å². The molecular formula is C36H53N3O4S. The third kappa shape index (κ3) is 4.33. The molecule has 9 fully saturated rings. The summed E-state index contributed by atoms with van der Waals surface area (Å²) in [6, 6.07) is 0. The first-order valence-corrected chi connectivity index (χ1v) is 19.2. The molecule has 11 atom stereocenters. The van der Waals surface area contributed by atoms with Crippen molar-refractivity contribution in [1.29, 1.82) is 5.41 Å².